The van der Waals surface area contributed by atoms with E-state index in [0.717, 1.165) is 18.8 Å². The summed E-state index contributed by atoms with van der Waals surface area (Å²) in [5, 5.41) is 0. The van der Waals surface area contributed by atoms with Gasteiger partial charge in [0.25, 0.3) is 0 Å². The van der Waals surface area contributed by atoms with E-state index in [1.807, 2.05) is 0 Å². The number of aliphatic imine (C=N–C) groups is 1. The van der Waals surface area contributed by atoms with Gasteiger partial charge in [-0.15, -0.1) is 0 Å². The smallest absolute Gasteiger partial charge is 0.0297 e. The molecule has 0 amide bonds. The Labute approximate surface area is 122 Å². The predicted molar refractivity (Wildman–Crippen MR) is 86.2 cm³/mol. The van der Waals surface area contributed by atoms with Gasteiger partial charge in [0.15, 0.2) is 0 Å². The molecule has 0 bridgehead atoms. The van der Waals surface area contributed by atoms with Crippen molar-refractivity contribution in [2.75, 3.05) is 0 Å². The molecule has 106 valence electrons. The van der Waals surface area contributed by atoms with E-state index in [2.05, 4.69) is 43.5 Å². The van der Waals surface area contributed by atoms with Crippen LogP contribution in [0.3, 0.4) is 0 Å². The molecule has 3 rings (SSSR count). The van der Waals surface area contributed by atoms with Crippen LogP contribution < -0.4 is 0 Å². The van der Waals surface area contributed by atoms with Crippen molar-refractivity contribution < 1.29 is 0 Å². The molecule has 1 heterocycles. The summed E-state index contributed by atoms with van der Waals surface area (Å²) in [6.07, 6.45) is 11.3. The van der Waals surface area contributed by atoms with Crippen molar-refractivity contribution in [3.63, 3.8) is 0 Å². The summed E-state index contributed by atoms with van der Waals surface area (Å²) in [6.45, 7) is 2.24. The Hall–Kier alpha value is -1.37. The second kappa shape index (κ2) is 6.39. The summed E-state index contributed by atoms with van der Waals surface area (Å²) >= 11 is 0. The molecular formula is C19H25N. The second-order valence-electron chi connectivity index (χ2n) is 6.22. The topological polar surface area (TPSA) is 12.4 Å². The molecule has 20 heavy (non-hydrogen) atoms. The Morgan fingerprint density at radius 2 is 1.85 bits per heavy atom. The summed E-state index contributed by atoms with van der Waals surface area (Å²) in [5.41, 5.74) is 4.39. The normalized spacial score (nSPS) is 21.4. The van der Waals surface area contributed by atoms with Gasteiger partial charge in [0.1, 0.15) is 0 Å². The van der Waals surface area contributed by atoms with Gasteiger partial charge in [-0.25, -0.2) is 0 Å². The minimum atomic E-state index is 0.553. The molecule has 1 aromatic carbocycles. The third kappa shape index (κ3) is 2.87. The number of nitrogens with zero attached hydrogens (tertiary/aromatic N) is 1. The summed E-state index contributed by atoms with van der Waals surface area (Å²) in [5.74, 6) is 1.35. The van der Waals surface area contributed by atoms with E-state index >= 15 is 0 Å². The lowest BCUT2D eigenvalue weighted by molar-refractivity contribution is 0.340. The van der Waals surface area contributed by atoms with Crippen LogP contribution in [0.4, 0.5) is 0 Å². The third-order valence-electron chi connectivity index (χ3n) is 4.91. The van der Waals surface area contributed by atoms with Crippen LogP contribution in [0.1, 0.15) is 63.4 Å². The van der Waals surface area contributed by atoms with E-state index in [9.17, 15) is 0 Å². The maximum absolute atomic E-state index is 4.79. The molecule has 1 nitrogen and oxygen atoms in total. The van der Waals surface area contributed by atoms with Gasteiger partial charge < -0.3 is 0 Å². The zero-order valence-corrected chi connectivity index (χ0v) is 12.5. The van der Waals surface area contributed by atoms with E-state index < -0.39 is 0 Å². The average molecular weight is 267 g/mol. The minimum Gasteiger partial charge on any atom is -0.265 e. The predicted octanol–water partition coefficient (Wildman–Crippen LogP) is 5.49. The van der Waals surface area contributed by atoms with E-state index in [1.165, 1.54) is 49.0 Å². The Morgan fingerprint density at radius 1 is 1.10 bits per heavy atom. The summed E-state index contributed by atoms with van der Waals surface area (Å²) in [4.78, 5) is 4.79. The molecule has 1 atom stereocenters. The number of hydrogen-bond donors (Lipinski definition) is 0. The first-order chi connectivity index (χ1) is 9.88. The molecule has 0 N–H and O–H groups in total. The van der Waals surface area contributed by atoms with Gasteiger partial charge in [0.05, 0.1) is 0 Å². The van der Waals surface area contributed by atoms with Crippen LogP contribution >= 0.6 is 0 Å². The monoisotopic (exact) mass is 267 g/mol. The molecule has 1 aliphatic heterocycles. The molecule has 1 aromatic rings. The fourth-order valence-electron chi connectivity index (χ4n) is 3.77. The Balaban J connectivity index is 1.85. The molecular weight excluding hydrogens is 242 g/mol. The number of allylic oxidation sites excluding steroid dienone is 1. The van der Waals surface area contributed by atoms with Gasteiger partial charge in [-0.1, -0.05) is 56.5 Å². The first-order valence-electron chi connectivity index (χ1n) is 8.18. The quantitative estimate of drug-likeness (QED) is 0.684. The maximum atomic E-state index is 4.79. The zero-order valence-electron chi connectivity index (χ0n) is 12.5. The molecule has 0 aromatic heterocycles. The lowest BCUT2D eigenvalue weighted by Crippen LogP contribution is -2.23. The fraction of sp³-hybridized carbons (Fsp3) is 0.526. The molecule has 0 radical (unpaired) electrons. The highest BCUT2D eigenvalue weighted by atomic mass is 14.8. The lowest BCUT2D eigenvalue weighted by Gasteiger charge is -2.31. The van der Waals surface area contributed by atoms with E-state index in [4.69, 9.17) is 4.99 Å². The molecule has 0 saturated heterocycles. The second-order valence-corrected chi connectivity index (χ2v) is 6.22. The van der Waals surface area contributed by atoms with Crippen LogP contribution in [0.25, 0.3) is 0 Å². The largest absolute Gasteiger partial charge is 0.265 e. The van der Waals surface area contributed by atoms with Crippen molar-refractivity contribution in [3.05, 3.63) is 47.7 Å². The van der Waals surface area contributed by atoms with E-state index in [-0.39, 0.29) is 0 Å². The maximum Gasteiger partial charge on any atom is 0.0297 e. The summed E-state index contributed by atoms with van der Waals surface area (Å²) in [6, 6.07) is 11.1. The van der Waals surface area contributed by atoms with Crippen molar-refractivity contribution in [1.82, 2.24) is 0 Å². The average Bonchev–Trinajstić information content (AvgIpc) is 2.98. The highest BCUT2D eigenvalue weighted by molar-refractivity contribution is 5.95. The van der Waals surface area contributed by atoms with Crippen LogP contribution in [0.15, 0.2) is 47.1 Å². The summed E-state index contributed by atoms with van der Waals surface area (Å²) in [7, 11) is 0. The van der Waals surface area contributed by atoms with Gasteiger partial charge >= 0.3 is 0 Å². The zero-order chi connectivity index (χ0) is 13.8. The van der Waals surface area contributed by atoms with Gasteiger partial charge in [-0.2, -0.15) is 0 Å². The van der Waals surface area contributed by atoms with Crippen LogP contribution in [0.5, 0.6) is 0 Å². The molecule has 1 unspecified atom stereocenters. The fourth-order valence-corrected chi connectivity index (χ4v) is 3.77. The Bertz CT molecular complexity index is 492. The standard InChI is InChI=1S/C19H25N/c1-2-15-13-18(20-14-15)19(16-9-5-3-6-10-16)17-11-7-4-8-12-17/h3,5-6,9-10,14,17,19H,2,4,7-8,11-13H2,1H3. The van der Waals surface area contributed by atoms with Crippen molar-refractivity contribution in [1.29, 1.82) is 0 Å². The van der Waals surface area contributed by atoms with Crippen LogP contribution in [0, 0.1) is 5.92 Å². The van der Waals surface area contributed by atoms with Gasteiger partial charge in [-0.3, -0.25) is 4.99 Å². The molecule has 0 spiro atoms. The number of benzene rings is 1. The highest BCUT2D eigenvalue weighted by Crippen LogP contribution is 2.39. The van der Waals surface area contributed by atoms with Crippen molar-refractivity contribution in [2.45, 2.75) is 57.8 Å². The SMILES string of the molecule is CCC1=CN=C(C(c2ccccc2)C2CCCCC2)C1. The van der Waals surface area contributed by atoms with Crippen LogP contribution in [-0.4, -0.2) is 5.71 Å². The highest BCUT2D eigenvalue weighted by Gasteiger charge is 2.30. The number of hydrogen-bond acceptors (Lipinski definition) is 1. The minimum absolute atomic E-state index is 0.553. The van der Waals surface area contributed by atoms with E-state index in [0.29, 0.717) is 5.92 Å². The molecule has 1 aliphatic carbocycles. The first kappa shape index (κ1) is 13.6. The van der Waals surface area contributed by atoms with Crippen molar-refractivity contribution in [2.24, 2.45) is 10.9 Å². The van der Waals surface area contributed by atoms with Gasteiger partial charge in [0, 0.05) is 24.3 Å². The van der Waals surface area contributed by atoms with Crippen LogP contribution in [-0.2, 0) is 0 Å². The summed E-state index contributed by atoms with van der Waals surface area (Å²) < 4.78 is 0. The van der Waals surface area contributed by atoms with Crippen LogP contribution in [0.2, 0.25) is 0 Å². The Kier molecular flexibility index (Phi) is 4.34. The molecule has 1 saturated carbocycles. The van der Waals surface area contributed by atoms with Crippen molar-refractivity contribution >= 4 is 5.71 Å². The van der Waals surface area contributed by atoms with Gasteiger partial charge in [0.2, 0.25) is 0 Å². The molecule has 1 fully saturated rings. The van der Waals surface area contributed by atoms with E-state index in [1.54, 1.807) is 0 Å². The molecule has 2 aliphatic rings. The first-order valence-corrected chi connectivity index (χ1v) is 8.18. The molecule has 1 heteroatoms. The third-order valence-corrected chi connectivity index (χ3v) is 4.91. The van der Waals surface area contributed by atoms with Crippen molar-refractivity contribution in [3.8, 4) is 0 Å². The van der Waals surface area contributed by atoms with Gasteiger partial charge in [-0.05, 0) is 36.3 Å². The lowest BCUT2D eigenvalue weighted by atomic mass is 9.74. The Morgan fingerprint density at radius 3 is 2.50 bits per heavy atom. The number of rotatable bonds is 4.